The molecule has 1 N–H and O–H groups in total. The molecule has 0 aromatic carbocycles. The molecule has 0 spiro atoms. The molecule has 29 heavy (non-hydrogen) atoms. The van der Waals surface area contributed by atoms with Crippen LogP contribution in [-0.2, 0) is 13.1 Å². The Morgan fingerprint density at radius 1 is 1.03 bits per heavy atom. The molecule has 2 atom stereocenters. The Morgan fingerprint density at radius 2 is 1.79 bits per heavy atom. The van der Waals surface area contributed by atoms with Crippen molar-refractivity contribution >= 4 is 36.6 Å². The van der Waals surface area contributed by atoms with E-state index in [1.54, 1.807) is 0 Å². The zero-order valence-corrected chi connectivity index (χ0v) is 19.5. The molecule has 3 saturated heterocycles. The number of rotatable bonds is 3. The lowest BCUT2D eigenvalue weighted by Crippen LogP contribution is -2.48. The van der Waals surface area contributed by atoms with Crippen LogP contribution in [0.3, 0.4) is 0 Å². The van der Waals surface area contributed by atoms with Gasteiger partial charge < -0.3 is 9.88 Å². The summed E-state index contributed by atoms with van der Waals surface area (Å²) in [5, 5.41) is 3.53. The molecule has 5 nitrogen and oxygen atoms in total. The van der Waals surface area contributed by atoms with Crippen LogP contribution >= 0.6 is 36.6 Å². The van der Waals surface area contributed by atoms with Gasteiger partial charge in [-0.2, -0.15) is 11.8 Å². The molecule has 3 fully saturated rings. The topological polar surface area (TPSA) is 40.5 Å². The van der Waals surface area contributed by atoms with E-state index in [1.165, 1.54) is 49.6 Å². The zero-order valence-electron chi connectivity index (χ0n) is 17.1. The summed E-state index contributed by atoms with van der Waals surface area (Å²) < 4.78 is 2.10. The minimum Gasteiger partial charge on any atom is -0.316 e. The molecule has 1 aromatic rings. The normalized spacial score (nSPS) is 28.1. The van der Waals surface area contributed by atoms with Gasteiger partial charge in [0.1, 0.15) is 0 Å². The van der Waals surface area contributed by atoms with E-state index in [0.717, 1.165) is 50.9 Å². The molecular weight excluding hydrogens is 427 g/mol. The predicted molar refractivity (Wildman–Crippen MR) is 126 cm³/mol. The van der Waals surface area contributed by atoms with Gasteiger partial charge in [0.2, 0.25) is 0 Å². The smallest absolute Gasteiger partial charge is 0.255 e. The Kier molecular flexibility index (Phi) is 8.38. The van der Waals surface area contributed by atoms with Crippen molar-refractivity contribution in [2.24, 2.45) is 5.92 Å². The summed E-state index contributed by atoms with van der Waals surface area (Å²) in [6.07, 6.45) is 3.76. The number of hydrogen-bond donors (Lipinski definition) is 1. The van der Waals surface area contributed by atoms with Gasteiger partial charge in [-0.25, -0.2) is 0 Å². The molecule has 1 aromatic heterocycles. The maximum Gasteiger partial charge on any atom is 0.255 e. The molecular formula is C21H34Cl2N4OS. The molecule has 0 unspecified atom stereocenters. The van der Waals surface area contributed by atoms with Crippen LogP contribution in [0, 0.1) is 5.92 Å². The third-order valence-corrected chi connectivity index (χ3v) is 8.04. The first-order chi connectivity index (χ1) is 13.3. The lowest BCUT2D eigenvalue weighted by Gasteiger charge is -2.40. The minimum absolute atomic E-state index is 0. The Bertz CT molecular complexity index is 732. The first kappa shape index (κ1) is 23.4. The molecule has 2 bridgehead atoms. The number of pyridine rings is 1. The van der Waals surface area contributed by atoms with Crippen molar-refractivity contribution in [2.45, 2.75) is 44.3 Å². The van der Waals surface area contributed by atoms with Crippen molar-refractivity contribution in [2.75, 3.05) is 50.8 Å². The van der Waals surface area contributed by atoms with Crippen LogP contribution in [0.15, 0.2) is 16.9 Å². The highest BCUT2D eigenvalue weighted by Gasteiger charge is 2.32. The number of halogens is 2. The molecule has 0 amide bonds. The molecule has 8 heteroatoms. The van der Waals surface area contributed by atoms with Gasteiger partial charge in [-0.05, 0) is 50.9 Å². The lowest BCUT2D eigenvalue weighted by atomic mass is 9.84. The van der Waals surface area contributed by atoms with Crippen LogP contribution < -0.4 is 10.9 Å². The van der Waals surface area contributed by atoms with Gasteiger partial charge in [0.15, 0.2) is 0 Å². The quantitative estimate of drug-likeness (QED) is 0.749. The van der Waals surface area contributed by atoms with Gasteiger partial charge in [-0.15, -0.1) is 24.8 Å². The maximum atomic E-state index is 13.1. The lowest BCUT2D eigenvalue weighted by molar-refractivity contribution is 0.112. The number of piperidine rings is 2. The SMILES string of the molecule is Cl.Cl.O=c1c(CN2CCC(N3CCSCC3)CC2)ccc2n1C[C@@H]1CNC[C@H]2C1. The van der Waals surface area contributed by atoms with Crippen molar-refractivity contribution in [3.05, 3.63) is 33.7 Å². The third kappa shape index (κ3) is 4.99. The molecule has 0 saturated carbocycles. The van der Waals surface area contributed by atoms with Crippen molar-refractivity contribution < 1.29 is 0 Å². The molecule has 4 aliphatic heterocycles. The summed E-state index contributed by atoms with van der Waals surface area (Å²) >= 11 is 2.09. The molecule has 0 aliphatic carbocycles. The summed E-state index contributed by atoms with van der Waals surface area (Å²) in [7, 11) is 0. The average Bonchev–Trinajstić information content (AvgIpc) is 2.72. The number of hydrogen-bond acceptors (Lipinski definition) is 5. The van der Waals surface area contributed by atoms with Crippen molar-refractivity contribution in [3.63, 3.8) is 0 Å². The number of nitrogens with zero attached hydrogens (tertiary/aromatic N) is 3. The number of nitrogens with one attached hydrogen (secondary N) is 1. The van der Waals surface area contributed by atoms with Crippen molar-refractivity contribution in [1.29, 1.82) is 0 Å². The largest absolute Gasteiger partial charge is 0.316 e. The van der Waals surface area contributed by atoms with Gasteiger partial charge in [-0.1, -0.05) is 6.07 Å². The highest BCUT2D eigenvalue weighted by Crippen LogP contribution is 2.32. The standard InChI is InChI=1S/C21H32N4OS.2ClH/c26-21-17(1-2-20-18-11-16(12-22-13-18)14-25(20)21)15-23-5-3-19(4-6-23)24-7-9-27-10-8-24;;/h1-2,16,18-19,22H,3-15H2;2*1H/t16-,18+;;/m0../s1. The van der Waals surface area contributed by atoms with Crippen LogP contribution in [0.25, 0.3) is 0 Å². The number of likely N-dealkylation sites (tertiary alicyclic amines) is 1. The van der Waals surface area contributed by atoms with Gasteiger partial charge in [0.25, 0.3) is 5.56 Å². The molecule has 0 radical (unpaired) electrons. The predicted octanol–water partition coefficient (Wildman–Crippen LogP) is 2.41. The van der Waals surface area contributed by atoms with Crippen LogP contribution in [0.2, 0.25) is 0 Å². The third-order valence-electron chi connectivity index (χ3n) is 7.10. The monoisotopic (exact) mass is 460 g/mol. The van der Waals surface area contributed by atoms with Crippen LogP contribution in [0.1, 0.15) is 36.4 Å². The second-order valence-corrected chi connectivity index (χ2v) is 10.0. The Labute approximate surface area is 190 Å². The number of fused-ring (bicyclic) bond motifs is 4. The Morgan fingerprint density at radius 3 is 2.55 bits per heavy atom. The second kappa shape index (κ2) is 10.4. The summed E-state index contributed by atoms with van der Waals surface area (Å²) in [5.41, 5.74) is 2.53. The van der Waals surface area contributed by atoms with E-state index in [2.05, 4.69) is 43.6 Å². The number of thioether (sulfide) groups is 1. The summed E-state index contributed by atoms with van der Waals surface area (Å²) in [5.74, 6) is 3.74. The maximum absolute atomic E-state index is 13.1. The van der Waals surface area contributed by atoms with Crippen molar-refractivity contribution in [3.8, 4) is 0 Å². The van der Waals surface area contributed by atoms with Crippen LogP contribution in [0.5, 0.6) is 0 Å². The van der Waals surface area contributed by atoms with Crippen LogP contribution in [0.4, 0.5) is 0 Å². The fraction of sp³-hybridized carbons (Fsp3) is 0.762. The van der Waals surface area contributed by atoms with E-state index < -0.39 is 0 Å². The van der Waals surface area contributed by atoms with E-state index >= 15 is 0 Å². The van der Waals surface area contributed by atoms with Gasteiger partial charge in [-0.3, -0.25) is 14.6 Å². The fourth-order valence-corrected chi connectivity index (χ4v) is 6.51. The first-order valence-electron chi connectivity index (χ1n) is 10.8. The first-order valence-corrected chi connectivity index (χ1v) is 11.9. The Hall–Kier alpha value is -0.240. The van der Waals surface area contributed by atoms with E-state index in [1.807, 2.05) is 0 Å². The fourth-order valence-electron chi connectivity index (χ4n) is 5.58. The number of aromatic nitrogens is 1. The van der Waals surface area contributed by atoms with Crippen LogP contribution in [-0.4, -0.2) is 71.2 Å². The molecule has 5 heterocycles. The zero-order chi connectivity index (χ0) is 18.2. The van der Waals surface area contributed by atoms with E-state index in [4.69, 9.17) is 0 Å². The highest BCUT2D eigenvalue weighted by molar-refractivity contribution is 7.99. The van der Waals surface area contributed by atoms with Gasteiger partial charge in [0, 0.05) is 67.4 Å². The molecule has 164 valence electrons. The van der Waals surface area contributed by atoms with E-state index in [9.17, 15) is 4.79 Å². The van der Waals surface area contributed by atoms with Gasteiger partial charge in [0.05, 0.1) is 0 Å². The summed E-state index contributed by atoms with van der Waals surface area (Å²) in [6, 6.07) is 5.12. The second-order valence-electron chi connectivity index (χ2n) is 8.81. The highest BCUT2D eigenvalue weighted by atomic mass is 35.5. The van der Waals surface area contributed by atoms with E-state index in [-0.39, 0.29) is 30.4 Å². The molecule has 5 rings (SSSR count). The van der Waals surface area contributed by atoms with Crippen molar-refractivity contribution in [1.82, 2.24) is 19.7 Å². The minimum atomic E-state index is 0. The van der Waals surface area contributed by atoms with E-state index in [0.29, 0.717) is 11.8 Å². The Balaban J connectivity index is 0.00000120. The van der Waals surface area contributed by atoms with Gasteiger partial charge >= 0.3 is 0 Å². The molecule has 4 aliphatic rings. The summed E-state index contributed by atoms with van der Waals surface area (Å²) in [4.78, 5) is 18.3. The average molecular weight is 462 g/mol. The summed E-state index contributed by atoms with van der Waals surface area (Å²) in [6.45, 7) is 8.61.